The maximum absolute atomic E-state index is 6.50. The monoisotopic (exact) mass is 449 g/mol. The quantitative estimate of drug-likeness (QED) is 0.286. The van der Waals surface area contributed by atoms with Crippen molar-refractivity contribution in [2.24, 2.45) is 9.98 Å². The van der Waals surface area contributed by atoms with Crippen molar-refractivity contribution >= 4 is 66.6 Å². The molecular weight excluding hydrogens is 434 g/mol. The molecule has 0 amide bonds. The molecule has 1 N–H and O–H groups in total. The van der Waals surface area contributed by atoms with Crippen LogP contribution in [0.25, 0.3) is 43.9 Å². The summed E-state index contributed by atoms with van der Waals surface area (Å²) in [5.41, 5.74) is 5.14. The lowest BCUT2D eigenvalue weighted by molar-refractivity contribution is 0.663. The molecule has 0 fully saturated rings. The first-order valence-electron chi connectivity index (χ1n) is 10.7. The number of hydrogen-bond donors (Lipinski definition) is 1. The van der Waals surface area contributed by atoms with Crippen molar-refractivity contribution in [1.29, 1.82) is 0 Å². The summed E-state index contributed by atoms with van der Waals surface area (Å²) >= 11 is 6.50. The van der Waals surface area contributed by atoms with Gasteiger partial charge in [-0.15, -0.1) is 0 Å². The van der Waals surface area contributed by atoms with E-state index in [9.17, 15) is 0 Å². The number of halogens is 1. The summed E-state index contributed by atoms with van der Waals surface area (Å²) in [4.78, 5) is 9.55. The van der Waals surface area contributed by atoms with Crippen LogP contribution < -0.4 is 5.32 Å². The third kappa shape index (κ3) is 2.79. The second-order valence-electron chi connectivity index (χ2n) is 8.00. The fourth-order valence-corrected chi connectivity index (χ4v) is 4.87. The van der Waals surface area contributed by atoms with E-state index in [-0.39, 0.29) is 0 Å². The second kappa shape index (κ2) is 6.95. The zero-order chi connectivity index (χ0) is 21.9. The molecule has 2 aromatic heterocycles. The SMILES string of the molecule is ClC1=NC(c2cccc3oc4ccccc4c23)=NC(c2cccc3oc4ccccc4c23)N1. The van der Waals surface area contributed by atoms with Gasteiger partial charge < -0.3 is 14.2 Å². The molecule has 0 aliphatic carbocycles. The summed E-state index contributed by atoms with van der Waals surface area (Å²) < 4.78 is 12.1. The van der Waals surface area contributed by atoms with Gasteiger partial charge in [0.15, 0.2) is 11.1 Å². The number of nitrogens with zero attached hydrogens (tertiary/aromatic N) is 2. The predicted octanol–water partition coefficient (Wildman–Crippen LogP) is 7.13. The number of furan rings is 2. The average molecular weight is 450 g/mol. The Morgan fingerprint density at radius 1 is 0.667 bits per heavy atom. The Balaban J connectivity index is 1.46. The van der Waals surface area contributed by atoms with Gasteiger partial charge >= 0.3 is 0 Å². The summed E-state index contributed by atoms with van der Waals surface area (Å²) in [6.45, 7) is 0. The van der Waals surface area contributed by atoms with Crippen LogP contribution in [0.1, 0.15) is 17.3 Å². The van der Waals surface area contributed by atoms with E-state index in [0.29, 0.717) is 11.1 Å². The Bertz CT molecular complexity index is 1780. The summed E-state index contributed by atoms with van der Waals surface area (Å²) in [7, 11) is 0. The van der Waals surface area contributed by atoms with Gasteiger partial charge in [-0.1, -0.05) is 60.7 Å². The molecule has 0 saturated carbocycles. The minimum absolute atomic E-state index is 0.291. The zero-order valence-electron chi connectivity index (χ0n) is 17.2. The molecule has 1 aliphatic rings. The van der Waals surface area contributed by atoms with E-state index in [0.717, 1.165) is 55.0 Å². The minimum atomic E-state index is -0.414. The van der Waals surface area contributed by atoms with Crippen LogP contribution in [0, 0.1) is 0 Å². The largest absolute Gasteiger partial charge is 0.456 e. The van der Waals surface area contributed by atoms with Gasteiger partial charge in [0.05, 0.1) is 0 Å². The topological polar surface area (TPSA) is 63.0 Å². The van der Waals surface area contributed by atoms with Crippen LogP contribution in [-0.2, 0) is 0 Å². The van der Waals surface area contributed by atoms with E-state index >= 15 is 0 Å². The molecule has 0 saturated heterocycles. The van der Waals surface area contributed by atoms with Gasteiger partial charge in [-0.2, -0.15) is 0 Å². The fourth-order valence-electron chi connectivity index (χ4n) is 4.69. The Hall–Kier alpha value is -4.09. The fraction of sp³-hybridized carbons (Fsp3) is 0.0370. The molecule has 6 heteroatoms. The smallest absolute Gasteiger partial charge is 0.199 e. The molecular formula is C27H16ClN3O2. The molecule has 33 heavy (non-hydrogen) atoms. The van der Waals surface area contributed by atoms with Gasteiger partial charge in [-0.3, -0.25) is 0 Å². The first-order valence-corrected chi connectivity index (χ1v) is 11.0. The summed E-state index contributed by atoms with van der Waals surface area (Å²) in [5, 5.41) is 7.58. The van der Waals surface area contributed by atoms with Gasteiger partial charge in [0, 0.05) is 32.7 Å². The molecule has 5 nitrogen and oxygen atoms in total. The van der Waals surface area contributed by atoms with E-state index < -0.39 is 6.17 Å². The molecule has 0 radical (unpaired) electrons. The van der Waals surface area contributed by atoms with Gasteiger partial charge in [-0.05, 0) is 35.9 Å². The summed E-state index contributed by atoms with van der Waals surface area (Å²) in [5.74, 6) is 0.561. The number of amidine groups is 2. The van der Waals surface area contributed by atoms with E-state index in [2.05, 4.69) is 16.4 Å². The standard InChI is InChI=1S/C27H16ClN3O2/c28-27-30-25(17-9-5-13-21-23(17)15-7-1-3-11-19(15)32-21)29-26(31-27)18-10-6-14-22-24(18)16-8-2-4-12-20(16)33-22/h1-14,25H,(H,29,30,31). The number of hydrogen-bond acceptors (Lipinski definition) is 5. The lowest BCUT2D eigenvalue weighted by Crippen LogP contribution is -2.29. The van der Waals surface area contributed by atoms with Crippen LogP contribution in [0.15, 0.2) is 104 Å². The van der Waals surface area contributed by atoms with Crippen LogP contribution in [0.3, 0.4) is 0 Å². The molecule has 6 aromatic rings. The van der Waals surface area contributed by atoms with Crippen LogP contribution >= 0.6 is 11.6 Å². The predicted molar refractivity (Wildman–Crippen MR) is 133 cm³/mol. The normalized spacial score (nSPS) is 16.3. The number of fused-ring (bicyclic) bond motifs is 6. The average Bonchev–Trinajstić information content (AvgIpc) is 3.42. The number of rotatable bonds is 2. The molecule has 0 spiro atoms. The molecule has 1 unspecified atom stereocenters. The van der Waals surface area contributed by atoms with E-state index in [1.54, 1.807) is 0 Å². The lowest BCUT2D eigenvalue weighted by Gasteiger charge is -2.21. The second-order valence-corrected chi connectivity index (χ2v) is 8.36. The van der Waals surface area contributed by atoms with E-state index in [1.165, 1.54) is 0 Å². The van der Waals surface area contributed by atoms with Gasteiger partial charge in [-0.25, -0.2) is 9.98 Å². The number of benzene rings is 4. The first-order chi connectivity index (χ1) is 16.3. The molecule has 4 aromatic carbocycles. The van der Waals surface area contributed by atoms with Gasteiger partial charge in [0.2, 0.25) is 0 Å². The van der Waals surface area contributed by atoms with Crippen LogP contribution in [0.5, 0.6) is 0 Å². The highest BCUT2D eigenvalue weighted by Gasteiger charge is 2.24. The molecule has 3 heterocycles. The molecule has 158 valence electrons. The van der Waals surface area contributed by atoms with Crippen molar-refractivity contribution in [2.45, 2.75) is 6.17 Å². The third-order valence-electron chi connectivity index (χ3n) is 6.08. The van der Waals surface area contributed by atoms with Crippen molar-refractivity contribution < 1.29 is 8.83 Å². The van der Waals surface area contributed by atoms with Crippen LogP contribution in [-0.4, -0.2) is 11.1 Å². The van der Waals surface area contributed by atoms with E-state index in [4.69, 9.17) is 25.4 Å². The first kappa shape index (κ1) is 18.5. The van der Waals surface area contributed by atoms with Crippen LogP contribution in [0.2, 0.25) is 0 Å². The number of aliphatic imine (C=N–C) groups is 2. The Morgan fingerprint density at radius 2 is 1.27 bits per heavy atom. The number of nitrogens with one attached hydrogen (secondary N) is 1. The summed E-state index contributed by atoms with van der Waals surface area (Å²) in [6.07, 6.45) is -0.414. The Morgan fingerprint density at radius 3 is 2.03 bits per heavy atom. The molecule has 7 rings (SSSR count). The number of para-hydroxylation sites is 2. The van der Waals surface area contributed by atoms with Crippen molar-refractivity contribution in [3.63, 3.8) is 0 Å². The highest BCUT2D eigenvalue weighted by Crippen LogP contribution is 2.37. The van der Waals surface area contributed by atoms with Crippen molar-refractivity contribution in [3.8, 4) is 0 Å². The highest BCUT2D eigenvalue weighted by molar-refractivity contribution is 6.65. The maximum atomic E-state index is 6.50. The third-order valence-corrected chi connectivity index (χ3v) is 6.28. The van der Waals surface area contributed by atoms with Crippen LogP contribution in [0.4, 0.5) is 0 Å². The maximum Gasteiger partial charge on any atom is 0.199 e. The van der Waals surface area contributed by atoms with Gasteiger partial charge in [0.25, 0.3) is 0 Å². The molecule has 1 aliphatic heterocycles. The molecule has 1 atom stereocenters. The lowest BCUT2D eigenvalue weighted by atomic mass is 10.0. The van der Waals surface area contributed by atoms with Gasteiger partial charge in [0.1, 0.15) is 28.5 Å². The zero-order valence-corrected chi connectivity index (χ0v) is 18.0. The minimum Gasteiger partial charge on any atom is -0.456 e. The van der Waals surface area contributed by atoms with E-state index in [1.807, 2.05) is 78.9 Å². The molecule has 0 bridgehead atoms. The Kier molecular flexibility index (Phi) is 3.89. The highest BCUT2D eigenvalue weighted by atomic mass is 35.5. The van der Waals surface area contributed by atoms with Crippen molar-refractivity contribution in [3.05, 3.63) is 96.1 Å². The summed E-state index contributed by atoms with van der Waals surface area (Å²) in [6, 6.07) is 27.9. The van der Waals surface area contributed by atoms with Crippen molar-refractivity contribution in [2.75, 3.05) is 0 Å². The van der Waals surface area contributed by atoms with Crippen molar-refractivity contribution in [1.82, 2.24) is 5.32 Å². The Labute approximate surface area is 193 Å².